The van der Waals surface area contributed by atoms with Gasteiger partial charge in [-0.3, -0.25) is 0 Å². The number of benzene rings is 2. The van der Waals surface area contributed by atoms with Crippen LogP contribution in [0.5, 0.6) is 11.5 Å². The molecule has 28 heavy (non-hydrogen) atoms. The molecule has 0 aliphatic carbocycles. The number of para-hydroxylation sites is 1. The number of anilines is 2. The van der Waals surface area contributed by atoms with E-state index in [1.807, 2.05) is 12.1 Å². The van der Waals surface area contributed by atoms with Gasteiger partial charge in [0, 0.05) is 30.3 Å². The highest BCUT2D eigenvalue weighted by atomic mass is 16.6. The fourth-order valence-electron chi connectivity index (χ4n) is 2.69. The van der Waals surface area contributed by atoms with Crippen molar-refractivity contribution in [3.8, 4) is 11.5 Å². The van der Waals surface area contributed by atoms with Crippen LogP contribution in [0.15, 0.2) is 57.7 Å². The molecule has 0 spiro atoms. The number of hydrogen-bond acceptors (Lipinski definition) is 8. The van der Waals surface area contributed by atoms with Gasteiger partial charge in [-0.2, -0.15) is 0 Å². The number of methoxy groups -OCH3 is 2. The zero-order chi connectivity index (χ0) is 20.3. The minimum atomic E-state index is -1.17. The Labute approximate surface area is 159 Å². The van der Waals surface area contributed by atoms with Gasteiger partial charge in [0.25, 0.3) is 0 Å². The zero-order valence-electron chi connectivity index (χ0n) is 15.4. The van der Waals surface area contributed by atoms with E-state index < -0.39 is 17.6 Å². The molecule has 3 aromatic rings. The predicted molar refractivity (Wildman–Crippen MR) is 101 cm³/mol. The fourth-order valence-corrected chi connectivity index (χ4v) is 2.69. The van der Waals surface area contributed by atoms with Crippen LogP contribution in [0.3, 0.4) is 0 Å². The van der Waals surface area contributed by atoms with Crippen LogP contribution < -0.4 is 20.0 Å². The van der Waals surface area contributed by atoms with Crippen molar-refractivity contribution in [2.24, 2.45) is 0 Å². The van der Waals surface area contributed by atoms with E-state index in [1.165, 1.54) is 19.2 Å². The molecule has 0 radical (unpaired) electrons. The van der Waals surface area contributed by atoms with Crippen LogP contribution in [-0.2, 0) is 14.3 Å². The largest absolute Gasteiger partial charge is 0.493 e. The van der Waals surface area contributed by atoms with Crippen molar-refractivity contribution in [2.45, 2.75) is 0 Å². The van der Waals surface area contributed by atoms with Crippen molar-refractivity contribution in [2.75, 3.05) is 26.2 Å². The Hall–Kier alpha value is -3.81. The minimum absolute atomic E-state index is 0.0366. The second-order valence-electron chi connectivity index (χ2n) is 5.72. The molecule has 0 N–H and O–H groups in total. The molecule has 0 amide bonds. The van der Waals surface area contributed by atoms with Gasteiger partial charge in [-0.15, -0.1) is 0 Å². The Morgan fingerprint density at radius 2 is 1.71 bits per heavy atom. The summed E-state index contributed by atoms with van der Waals surface area (Å²) in [6.07, 6.45) is 0. The van der Waals surface area contributed by atoms with E-state index in [1.54, 1.807) is 36.2 Å². The maximum atomic E-state index is 11.9. The molecule has 0 bridgehead atoms. The van der Waals surface area contributed by atoms with Gasteiger partial charge in [0.05, 0.1) is 19.9 Å². The number of esters is 2. The van der Waals surface area contributed by atoms with E-state index in [0.717, 1.165) is 12.5 Å². The molecule has 0 saturated carbocycles. The Morgan fingerprint density at radius 1 is 0.964 bits per heavy atom. The average molecular weight is 383 g/mol. The predicted octanol–water partition coefficient (Wildman–Crippen LogP) is 2.65. The SMILES string of the molecule is COC(=O)C(=O)Oc1cc(N(C)c2cc(=O)oc3ccccc23)ccc1OC. The molecule has 1 heterocycles. The Morgan fingerprint density at radius 3 is 2.43 bits per heavy atom. The first-order valence-corrected chi connectivity index (χ1v) is 8.19. The number of ether oxygens (including phenoxy) is 3. The van der Waals surface area contributed by atoms with Gasteiger partial charge in [-0.25, -0.2) is 14.4 Å². The summed E-state index contributed by atoms with van der Waals surface area (Å²) < 4.78 is 19.8. The molecule has 1 aromatic heterocycles. The van der Waals surface area contributed by atoms with Crippen molar-refractivity contribution >= 4 is 34.3 Å². The molecule has 8 heteroatoms. The highest BCUT2D eigenvalue weighted by Crippen LogP contribution is 2.36. The highest BCUT2D eigenvalue weighted by molar-refractivity contribution is 6.30. The summed E-state index contributed by atoms with van der Waals surface area (Å²) in [5.74, 6) is -2.01. The van der Waals surface area contributed by atoms with E-state index in [0.29, 0.717) is 17.0 Å². The summed E-state index contributed by atoms with van der Waals surface area (Å²) in [7, 11) is 4.23. The first kappa shape index (κ1) is 19.0. The zero-order valence-corrected chi connectivity index (χ0v) is 15.4. The van der Waals surface area contributed by atoms with E-state index in [-0.39, 0.29) is 11.5 Å². The highest BCUT2D eigenvalue weighted by Gasteiger charge is 2.20. The van der Waals surface area contributed by atoms with Gasteiger partial charge in [0.2, 0.25) is 0 Å². The van der Waals surface area contributed by atoms with Crippen LogP contribution >= 0.6 is 0 Å². The van der Waals surface area contributed by atoms with Gasteiger partial charge in [-0.1, -0.05) is 12.1 Å². The monoisotopic (exact) mass is 383 g/mol. The van der Waals surface area contributed by atoms with Crippen LogP contribution in [0.25, 0.3) is 11.0 Å². The molecule has 0 aliphatic heterocycles. The molecule has 0 atom stereocenters. The molecule has 8 nitrogen and oxygen atoms in total. The third-order valence-corrected chi connectivity index (χ3v) is 4.08. The van der Waals surface area contributed by atoms with Crippen LogP contribution in [-0.4, -0.2) is 33.2 Å². The lowest BCUT2D eigenvalue weighted by atomic mass is 10.1. The van der Waals surface area contributed by atoms with E-state index in [2.05, 4.69) is 4.74 Å². The summed E-state index contributed by atoms with van der Waals surface area (Å²) in [4.78, 5) is 36.8. The van der Waals surface area contributed by atoms with E-state index in [9.17, 15) is 14.4 Å². The average Bonchev–Trinajstić information content (AvgIpc) is 2.71. The second-order valence-corrected chi connectivity index (χ2v) is 5.72. The molecule has 0 fully saturated rings. The van der Waals surface area contributed by atoms with Crippen molar-refractivity contribution in [1.82, 2.24) is 0 Å². The van der Waals surface area contributed by atoms with Crippen LogP contribution in [0, 0.1) is 0 Å². The molecule has 3 rings (SSSR count). The third kappa shape index (κ3) is 3.66. The molecule has 144 valence electrons. The maximum absolute atomic E-state index is 11.9. The van der Waals surface area contributed by atoms with Crippen molar-refractivity contribution < 1.29 is 28.2 Å². The van der Waals surface area contributed by atoms with Crippen molar-refractivity contribution in [1.29, 1.82) is 0 Å². The summed E-state index contributed by atoms with van der Waals surface area (Å²) in [6.45, 7) is 0. The van der Waals surface area contributed by atoms with Gasteiger partial charge < -0.3 is 23.5 Å². The normalized spacial score (nSPS) is 10.4. The lowest BCUT2D eigenvalue weighted by Crippen LogP contribution is -2.22. The number of carbonyl (C=O) groups is 2. The van der Waals surface area contributed by atoms with Gasteiger partial charge in [-0.05, 0) is 24.3 Å². The molecule has 0 saturated heterocycles. The Kier molecular flexibility index (Phi) is 5.30. The number of nitrogens with zero attached hydrogens (tertiary/aromatic N) is 1. The lowest BCUT2D eigenvalue weighted by Gasteiger charge is -2.22. The van der Waals surface area contributed by atoms with Gasteiger partial charge in [0.1, 0.15) is 5.58 Å². The number of fused-ring (bicyclic) bond motifs is 1. The van der Waals surface area contributed by atoms with E-state index in [4.69, 9.17) is 13.9 Å². The maximum Gasteiger partial charge on any atom is 0.422 e. The van der Waals surface area contributed by atoms with Gasteiger partial charge in [0.15, 0.2) is 11.5 Å². The first-order chi connectivity index (χ1) is 13.4. The smallest absolute Gasteiger partial charge is 0.422 e. The lowest BCUT2D eigenvalue weighted by molar-refractivity contribution is -0.160. The van der Waals surface area contributed by atoms with Crippen LogP contribution in [0.4, 0.5) is 11.4 Å². The minimum Gasteiger partial charge on any atom is -0.493 e. The van der Waals surface area contributed by atoms with Crippen molar-refractivity contribution in [3.63, 3.8) is 0 Å². The second kappa shape index (κ2) is 7.83. The Balaban J connectivity index is 2.04. The third-order valence-electron chi connectivity index (χ3n) is 4.08. The summed E-state index contributed by atoms with van der Waals surface area (Å²) in [6, 6.07) is 13.3. The first-order valence-electron chi connectivity index (χ1n) is 8.19. The van der Waals surface area contributed by atoms with Crippen LogP contribution in [0.1, 0.15) is 0 Å². The molecular formula is C20H17NO7. The summed E-state index contributed by atoms with van der Waals surface area (Å²) in [5.41, 5.74) is 1.14. The number of hydrogen-bond donors (Lipinski definition) is 0. The van der Waals surface area contributed by atoms with Crippen LogP contribution in [0.2, 0.25) is 0 Å². The summed E-state index contributed by atoms with van der Waals surface area (Å²) >= 11 is 0. The summed E-state index contributed by atoms with van der Waals surface area (Å²) in [5, 5.41) is 0.730. The fraction of sp³-hybridized carbons (Fsp3) is 0.150. The molecular weight excluding hydrogens is 366 g/mol. The van der Waals surface area contributed by atoms with Crippen molar-refractivity contribution in [3.05, 3.63) is 59.0 Å². The number of rotatable bonds is 4. The van der Waals surface area contributed by atoms with E-state index >= 15 is 0 Å². The van der Waals surface area contributed by atoms with Gasteiger partial charge >= 0.3 is 17.6 Å². The quantitative estimate of drug-likeness (QED) is 0.294. The molecule has 0 aliphatic rings. The standard InChI is InChI=1S/C20H17NO7/c1-21(14-11-18(22)27-15-7-5-4-6-13(14)15)12-8-9-16(25-2)17(10-12)28-20(24)19(23)26-3/h4-11H,1-3H3. The Bertz CT molecular complexity index is 1100. The molecule has 2 aromatic carbocycles. The topological polar surface area (TPSA) is 95.3 Å². The number of carbonyl (C=O) groups excluding carboxylic acids is 2. The molecule has 0 unspecified atom stereocenters.